The molecule has 0 fully saturated rings. The van der Waals surface area contributed by atoms with Crippen molar-refractivity contribution in [2.24, 2.45) is 0 Å². The number of methoxy groups -OCH3 is 1. The van der Waals surface area contributed by atoms with Crippen molar-refractivity contribution in [3.05, 3.63) is 64.2 Å². The minimum Gasteiger partial charge on any atom is -0.491 e. The molecule has 2 aromatic rings. The smallest absolute Gasteiger partial charge is 0.331 e. The summed E-state index contributed by atoms with van der Waals surface area (Å²) >= 11 is 6.18. The van der Waals surface area contributed by atoms with Gasteiger partial charge in [-0.25, -0.2) is 4.79 Å². The second kappa shape index (κ2) is 11.1. The van der Waals surface area contributed by atoms with Crippen LogP contribution in [0.4, 0.5) is 0 Å². The van der Waals surface area contributed by atoms with Gasteiger partial charge in [0.05, 0.1) is 18.7 Å². The van der Waals surface area contributed by atoms with Crippen LogP contribution in [0.15, 0.2) is 42.5 Å². The average molecular weight is 418 g/mol. The van der Waals surface area contributed by atoms with Gasteiger partial charge in [-0.15, -0.1) is 0 Å². The molecule has 0 saturated heterocycles. The van der Waals surface area contributed by atoms with Crippen LogP contribution in [0.3, 0.4) is 0 Å². The lowest BCUT2D eigenvalue weighted by Gasteiger charge is -2.11. The van der Waals surface area contributed by atoms with E-state index in [9.17, 15) is 9.59 Å². The number of halogens is 1. The molecular formula is C22H24ClNO5. The highest BCUT2D eigenvalue weighted by atomic mass is 35.5. The molecule has 0 aliphatic heterocycles. The monoisotopic (exact) mass is 417 g/mol. The lowest BCUT2D eigenvalue weighted by molar-refractivity contribution is -0.143. The first-order valence-corrected chi connectivity index (χ1v) is 9.48. The zero-order valence-corrected chi connectivity index (χ0v) is 17.4. The van der Waals surface area contributed by atoms with Crippen molar-refractivity contribution < 1.29 is 23.8 Å². The fourth-order valence-corrected chi connectivity index (χ4v) is 2.84. The molecule has 154 valence electrons. The van der Waals surface area contributed by atoms with Gasteiger partial charge in [0, 0.05) is 12.6 Å². The van der Waals surface area contributed by atoms with Crippen molar-refractivity contribution in [1.82, 2.24) is 5.32 Å². The highest BCUT2D eigenvalue weighted by Crippen LogP contribution is 2.36. The molecule has 0 saturated carbocycles. The first-order chi connectivity index (χ1) is 13.9. The minimum absolute atomic E-state index is 0.359. The zero-order valence-electron chi connectivity index (χ0n) is 16.7. The number of nitrogens with one attached hydrogen (secondary N) is 1. The Hall–Kier alpha value is -2.99. The average Bonchev–Trinajstić information content (AvgIpc) is 2.70. The molecule has 2 aromatic carbocycles. The van der Waals surface area contributed by atoms with Crippen molar-refractivity contribution >= 4 is 29.6 Å². The number of hydrogen-bond acceptors (Lipinski definition) is 5. The Balaban J connectivity index is 1.88. The van der Waals surface area contributed by atoms with E-state index < -0.39 is 5.97 Å². The number of amides is 1. The Morgan fingerprint density at radius 2 is 1.97 bits per heavy atom. The van der Waals surface area contributed by atoms with Gasteiger partial charge in [0.15, 0.2) is 18.1 Å². The third kappa shape index (κ3) is 6.84. The van der Waals surface area contributed by atoms with Crippen LogP contribution in [-0.2, 0) is 20.9 Å². The Kier molecular flexibility index (Phi) is 8.55. The predicted molar refractivity (Wildman–Crippen MR) is 112 cm³/mol. The van der Waals surface area contributed by atoms with Crippen LogP contribution in [0.5, 0.6) is 11.5 Å². The molecule has 0 aromatic heterocycles. The van der Waals surface area contributed by atoms with Gasteiger partial charge in [-0.3, -0.25) is 4.79 Å². The van der Waals surface area contributed by atoms with E-state index in [1.807, 2.05) is 38.1 Å². The zero-order chi connectivity index (χ0) is 21.2. The number of benzene rings is 2. The molecule has 0 unspecified atom stereocenters. The van der Waals surface area contributed by atoms with Gasteiger partial charge in [-0.1, -0.05) is 35.9 Å². The van der Waals surface area contributed by atoms with Gasteiger partial charge in [0.25, 0.3) is 5.91 Å². The Morgan fingerprint density at radius 1 is 1.21 bits per heavy atom. The third-order valence-corrected chi connectivity index (χ3v) is 4.31. The fraction of sp³-hybridized carbons (Fsp3) is 0.273. The molecule has 0 radical (unpaired) electrons. The largest absolute Gasteiger partial charge is 0.491 e. The second-order valence-electron chi connectivity index (χ2n) is 6.11. The van der Waals surface area contributed by atoms with Gasteiger partial charge >= 0.3 is 5.97 Å². The lowest BCUT2D eigenvalue weighted by Crippen LogP contribution is -2.28. The van der Waals surface area contributed by atoms with E-state index in [2.05, 4.69) is 5.32 Å². The maximum Gasteiger partial charge on any atom is 0.331 e. The highest BCUT2D eigenvalue weighted by Gasteiger charge is 2.11. The molecule has 29 heavy (non-hydrogen) atoms. The molecular weight excluding hydrogens is 394 g/mol. The van der Waals surface area contributed by atoms with Gasteiger partial charge in [-0.2, -0.15) is 0 Å². The molecule has 0 spiro atoms. The fourth-order valence-electron chi connectivity index (χ4n) is 2.55. The number of ether oxygens (including phenoxy) is 3. The number of carbonyl (C=O) groups is 2. The van der Waals surface area contributed by atoms with Gasteiger partial charge in [-0.05, 0) is 48.7 Å². The SMILES string of the molecule is CCOc1cc(/C=C/C(=O)OCC(=O)NCc2ccccc2C)cc(Cl)c1OC. The molecule has 1 amide bonds. The Labute approximate surface area is 175 Å². The summed E-state index contributed by atoms with van der Waals surface area (Å²) in [6.45, 7) is 4.28. The lowest BCUT2D eigenvalue weighted by atomic mass is 10.1. The topological polar surface area (TPSA) is 73.9 Å². The molecule has 0 heterocycles. The standard InChI is InChI=1S/C22H24ClNO5/c1-4-28-19-12-16(11-18(23)22(19)27-3)9-10-21(26)29-14-20(25)24-13-17-8-6-5-7-15(17)2/h5-12H,4,13-14H2,1-3H3,(H,24,25)/b10-9+. The number of hydrogen-bond donors (Lipinski definition) is 1. The normalized spacial score (nSPS) is 10.6. The summed E-state index contributed by atoms with van der Waals surface area (Å²) in [7, 11) is 1.50. The van der Waals surface area contributed by atoms with Gasteiger partial charge in [0.2, 0.25) is 0 Å². The van der Waals surface area contributed by atoms with Gasteiger partial charge < -0.3 is 19.5 Å². The highest BCUT2D eigenvalue weighted by molar-refractivity contribution is 6.32. The third-order valence-electron chi connectivity index (χ3n) is 4.03. The summed E-state index contributed by atoms with van der Waals surface area (Å²) in [6, 6.07) is 11.1. The molecule has 6 nitrogen and oxygen atoms in total. The van der Waals surface area contributed by atoms with E-state index >= 15 is 0 Å². The van der Waals surface area contributed by atoms with Crippen LogP contribution in [-0.4, -0.2) is 32.2 Å². The number of aryl methyl sites for hydroxylation is 1. The molecule has 0 aliphatic rings. The van der Waals surface area contributed by atoms with Crippen molar-refractivity contribution in [3.63, 3.8) is 0 Å². The van der Waals surface area contributed by atoms with Crippen molar-refractivity contribution in [2.45, 2.75) is 20.4 Å². The maximum absolute atomic E-state index is 11.9. The Bertz CT molecular complexity index is 895. The molecule has 1 N–H and O–H groups in total. The van der Waals surface area contributed by atoms with E-state index in [4.69, 9.17) is 25.8 Å². The molecule has 0 bridgehead atoms. The molecule has 2 rings (SSSR count). The summed E-state index contributed by atoms with van der Waals surface area (Å²) in [5, 5.41) is 3.09. The first kappa shape index (κ1) is 22.3. The number of carbonyl (C=O) groups excluding carboxylic acids is 2. The van der Waals surface area contributed by atoms with Crippen LogP contribution in [0.25, 0.3) is 6.08 Å². The minimum atomic E-state index is -0.638. The maximum atomic E-state index is 11.9. The van der Waals surface area contributed by atoms with E-state index in [-0.39, 0.29) is 12.5 Å². The van der Waals surface area contributed by atoms with Crippen LogP contribution in [0.1, 0.15) is 23.6 Å². The van der Waals surface area contributed by atoms with Crippen LogP contribution >= 0.6 is 11.6 Å². The second-order valence-corrected chi connectivity index (χ2v) is 6.52. The van der Waals surface area contributed by atoms with E-state index in [0.29, 0.717) is 35.2 Å². The Morgan fingerprint density at radius 3 is 2.66 bits per heavy atom. The first-order valence-electron chi connectivity index (χ1n) is 9.11. The molecule has 0 atom stereocenters. The summed E-state index contributed by atoms with van der Waals surface area (Å²) in [4.78, 5) is 23.8. The van der Waals surface area contributed by atoms with Crippen molar-refractivity contribution in [2.75, 3.05) is 20.3 Å². The summed E-state index contributed by atoms with van der Waals surface area (Å²) in [5.41, 5.74) is 2.73. The van der Waals surface area contributed by atoms with Crippen LogP contribution in [0, 0.1) is 6.92 Å². The van der Waals surface area contributed by atoms with E-state index in [1.54, 1.807) is 12.1 Å². The van der Waals surface area contributed by atoms with Crippen LogP contribution < -0.4 is 14.8 Å². The number of esters is 1. The van der Waals surface area contributed by atoms with Crippen LogP contribution in [0.2, 0.25) is 5.02 Å². The van der Waals surface area contributed by atoms with Crippen molar-refractivity contribution in [1.29, 1.82) is 0 Å². The summed E-state index contributed by atoms with van der Waals surface area (Å²) < 4.78 is 15.7. The predicted octanol–water partition coefficient (Wildman–Crippen LogP) is 3.93. The summed E-state index contributed by atoms with van der Waals surface area (Å²) in [5.74, 6) is -0.105. The summed E-state index contributed by atoms with van der Waals surface area (Å²) in [6.07, 6.45) is 2.75. The van der Waals surface area contributed by atoms with Gasteiger partial charge in [0.1, 0.15) is 0 Å². The van der Waals surface area contributed by atoms with E-state index in [0.717, 1.165) is 11.1 Å². The number of rotatable bonds is 9. The van der Waals surface area contributed by atoms with E-state index in [1.165, 1.54) is 19.3 Å². The molecule has 7 heteroatoms. The molecule has 0 aliphatic carbocycles. The quantitative estimate of drug-likeness (QED) is 0.494. The van der Waals surface area contributed by atoms with Crippen molar-refractivity contribution in [3.8, 4) is 11.5 Å².